The van der Waals surface area contributed by atoms with Crippen LogP contribution in [0.2, 0.25) is 0 Å². The van der Waals surface area contributed by atoms with Gasteiger partial charge < -0.3 is 9.47 Å². The standard InChI is InChI=1S/C16H15N3O4S/c1-3-22-15(21)14-10(2)18-16(24-14)19-13(20)9-23-12-6-4-11(8-17)5-7-12/h4-7H,3,9H2,1-2H3,(H,18,19,20). The first-order valence-electron chi connectivity index (χ1n) is 7.10. The molecule has 0 aliphatic rings. The molecule has 1 aromatic heterocycles. The van der Waals surface area contributed by atoms with E-state index in [0.29, 0.717) is 27.0 Å². The summed E-state index contributed by atoms with van der Waals surface area (Å²) in [6, 6.07) is 8.42. The summed E-state index contributed by atoms with van der Waals surface area (Å²) < 4.78 is 10.2. The molecule has 1 amide bonds. The van der Waals surface area contributed by atoms with E-state index < -0.39 is 11.9 Å². The molecule has 1 aromatic carbocycles. The van der Waals surface area contributed by atoms with Crippen molar-refractivity contribution in [2.45, 2.75) is 13.8 Å². The fraction of sp³-hybridized carbons (Fsp3) is 0.250. The Morgan fingerprint density at radius 2 is 2.04 bits per heavy atom. The molecule has 0 saturated heterocycles. The number of anilines is 1. The number of amides is 1. The summed E-state index contributed by atoms with van der Waals surface area (Å²) in [6.45, 7) is 3.46. The minimum absolute atomic E-state index is 0.209. The third kappa shape index (κ3) is 4.54. The first kappa shape index (κ1) is 17.4. The lowest BCUT2D eigenvalue weighted by atomic mass is 10.2. The Labute approximate surface area is 142 Å². The number of nitrogens with zero attached hydrogens (tertiary/aromatic N) is 2. The number of nitrogens with one attached hydrogen (secondary N) is 1. The molecule has 124 valence electrons. The number of hydrogen-bond donors (Lipinski definition) is 1. The highest BCUT2D eigenvalue weighted by Gasteiger charge is 2.17. The zero-order valence-electron chi connectivity index (χ0n) is 13.2. The molecular formula is C16H15N3O4S. The number of thiazole rings is 1. The number of carbonyl (C=O) groups excluding carboxylic acids is 2. The van der Waals surface area contributed by atoms with Crippen molar-refractivity contribution in [3.63, 3.8) is 0 Å². The summed E-state index contributed by atoms with van der Waals surface area (Å²) in [7, 11) is 0. The summed E-state index contributed by atoms with van der Waals surface area (Å²) in [6.07, 6.45) is 0. The second-order valence-corrected chi connectivity index (χ2v) is 5.63. The third-order valence-corrected chi connectivity index (χ3v) is 3.91. The van der Waals surface area contributed by atoms with Crippen molar-refractivity contribution in [1.29, 1.82) is 5.26 Å². The number of nitriles is 1. The highest BCUT2D eigenvalue weighted by molar-refractivity contribution is 7.17. The molecule has 0 radical (unpaired) electrons. The maximum Gasteiger partial charge on any atom is 0.350 e. The van der Waals surface area contributed by atoms with Crippen molar-refractivity contribution in [2.75, 3.05) is 18.5 Å². The quantitative estimate of drug-likeness (QED) is 0.807. The molecule has 0 aliphatic carbocycles. The Bertz CT molecular complexity index is 778. The van der Waals surface area contributed by atoms with Crippen LogP contribution in [0.25, 0.3) is 0 Å². The second kappa shape index (κ2) is 8.08. The number of rotatable bonds is 6. The molecule has 0 saturated carbocycles. The number of aromatic nitrogens is 1. The van der Waals surface area contributed by atoms with Gasteiger partial charge in [0.2, 0.25) is 0 Å². The molecule has 0 aliphatic heterocycles. The van der Waals surface area contributed by atoms with Gasteiger partial charge in [-0.1, -0.05) is 11.3 Å². The highest BCUT2D eigenvalue weighted by Crippen LogP contribution is 2.23. The van der Waals surface area contributed by atoms with Gasteiger partial charge >= 0.3 is 5.97 Å². The van der Waals surface area contributed by atoms with Gasteiger partial charge in [-0.3, -0.25) is 10.1 Å². The lowest BCUT2D eigenvalue weighted by Crippen LogP contribution is -2.20. The van der Waals surface area contributed by atoms with Gasteiger partial charge in [0.1, 0.15) is 10.6 Å². The number of esters is 1. The van der Waals surface area contributed by atoms with Crippen LogP contribution in [0.3, 0.4) is 0 Å². The Morgan fingerprint density at radius 1 is 1.33 bits per heavy atom. The number of carbonyl (C=O) groups is 2. The van der Waals surface area contributed by atoms with Crippen molar-refractivity contribution in [2.24, 2.45) is 0 Å². The largest absolute Gasteiger partial charge is 0.484 e. The van der Waals surface area contributed by atoms with Crippen LogP contribution in [-0.2, 0) is 9.53 Å². The van der Waals surface area contributed by atoms with Gasteiger partial charge in [0.15, 0.2) is 11.7 Å². The molecule has 8 heteroatoms. The first-order chi connectivity index (χ1) is 11.5. The van der Waals surface area contributed by atoms with Gasteiger partial charge in [0.25, 0.3) is 5.91 Å². The van der Waals surface area contributed by atoms with Crippen LogP contribution in [0.15, 0.2) is 24.3 Å². The lowest BCUT2D eigenvalue weighted by molar-refractivity contribution is -0.118. The van der Waals surface area contributed by atoms with Crippen LogP contribution >= 0.6 is 11.3 Å². The van der Waals surface area contributed by atoms with Crippen LogP contribution in [0.5, 0.6) is 5.75 Å². The van der Waals surface area contributed by atoms with Crippen molar-refractivity contribution >= 4 is 28.3 Å². The van der Waals surface area contributed by atoms with Gasteiger partial charge in [0, 0.05) is 0 Å². The van der Waals surface area contributed by atoms with E-state index in [0.717, 1.165) is 11.3 Å². The third-order valence-electron chi connectivity index (χ3n) is 2.86. The number of ether oxygens (including phenoxy) is 2. The highest BCUT2D eigenvalue weighted by atomic mass is 32.1. The number of aryl methyl sites for hydroxylation is 1. The molecule has 0 spiro atoms. The molecule has 0 unspecified atom stereocenters. The molecule has 0 bridgehead atoms. The summed E-state index contributed by atoms with van der Waals surface area (Å²) in [5.41, 5.74) is 1.01. The molecule has 24 heavy (non-hydrogen) atoms. The van der Waals surface area contributed by atoms with Crippen LogP contribution in [-0.4, -0.2) is 30.1 Å². The Balaban J connectivity index is 1.91. The van der Waals surface area contributed by atoms with E-state index in [9.17, 15) is 9.59 Å². The van der Waals surface area contributed by atoms with E-state index in [1.165, 1.54) is 0 Å². The molecule has 2 rings (SSSR count). The molecule has 1 heterocycles. The predicted octanol–water partition coefficient (Wildman–Crippen LogP) is 2.52. The molecular weight excluding hydrogens is 330 g/mol. The van der Waals surface area contributed by atoms with E-state index in [1.807, 2.05) is 6.07 Å². The zero-order valence-corrected chi connectivity index (χ0v) is 14.0. The van der Waals surface area contributed by atoms with Crippen molar-refractivity contribution in [3.8, 4) is 11.8 Å². The summed E-state index contributed by atoms with van der Waals surface area (Å²) in [5.74, 6) is -0.378. The average Bonchev–Trinajstić information content (AvgIpc) is 2.94. The normalized spacial score (nSPS) is 9.88. The fourth-order valence-corrected chi connectivity index (χ4v) is 2.64. The van der Waals surface area contributed by atoms with Gasteiger partial charge in [0.05, 0.1) is 23.9 Å². The van der Waals surface area contributed by atoms with Crippen LogP contribution in [0, 0.1) is 18.3 Å². The van der Waals surface area contributed by atoms with E-state index in [-0.39, 0.29) is 13.2 Å². The Kier molecular flexibility index (Phi) is 5.87. The van der Waals surface area contributed by atoms with E-state index >= 15 is 0 Å². The van der Waals surface area contributed by atoms with Gasteiger partial charge in [-0.15, -0.1) is 0 Å². The number of benzene rings is 1. The minimum atomic E-state index is -0.457. The fourth-order valence-electron chi connectivity index (χ4n) is 1.77. The second-order valence-electron chi connectivity index (χ2n) is 4.63. The Morgan fingerprint density at radius 3 is 2.67 bits per heavy atom. The summed E-state index contributed by atoms with van der Waals surface area (Å²) >= 11 is 1.05. The Hall–Kier alpha value is -2.92. The van der Waals surface area contributed by atoms with E-state index in [2.05, 4.69) is 10.3 Å². The first-order valence-corrected chi connectivity index (χ1v) is 7.92. The predicted molar refractivity (Wildman–Crippen MR) is 88.1 cm³/mol. The van der Waals surface area contributed by atoms with Crippen molar-refractivity contribution < 1.29 is 19.1 Å². The van der Waals surface area contributed by atoms with Crippen LogP contribution in [0.1, 0.15) is 27.9 Å². The molecule has 0 atom stereocenters. The maximum absolute atomic E-state index is 11.9. The van der Waals surface area contributed by atoms with Gasteiger partial charge in [-0.05, 0) is 38.1 Å². The van der Waals surface area contributed by atoms with E-state index in [4.69, 9.17) is 14.7 Å². The van der Waals surface area contributed by atoms with E-state index in [1.54, 1.807) is 38.1 Å². The lowest BCUT2D eigenvalue weighted by Gasteiger charge is -2.05. The average molecular weight is 345 g/mol. The molecule has 2 aromatic rings. The monoisotopic (exact) mass is 345 g/mol. The zero-order chi connectivity index (χ0) is 17.5. The van der Waals surface area contributed by atoms with Crippen LogP contribution < -0.4 is 10.1 Å². The van der Waals surface area contributed by atoms with Gasteiger partial charge in [-0.25, -0.2) is 9.78 Å². The smallest absolute Gasteiger partial charge is 0.350 e. The molecule has 1 N–H and O–H groups in total. The summed E-state index contributed by atoms with van der Waals surface area (Å²) in [4.78, 5) is 28.1. The maximum atomic E-state index is 11.9. The SMILES string of the molecule is CCOC(=O)c1sc(NC(=O)COc2ccc(C#N)cc2)nc1C. The van der Waals surface area contributed by atoms with Crippen molar-refractivity contribution in [1.82, 2.24) is 4.98 Å². The van der Waals surface area contributed by atoms with Crippen molar-refractivity contribution in [3.05, 3.63) is 40.4 Å². The topological polar surface area (TPSA) is 101 Å². The summed E-state index contributed by atoms with van der Waals surface area (Å²) in [5, 5.41) is 11.6. The molecule has 7 nitrogen and oxygen atoms in total. The number of hydrogen-bond acceptors (Lipinski definition) is 7. The molecule has 0 fully saturated rings. The van der Waals surface area contributed by atoms with Crippen LogP contribution in [0.4, 0.5) is 5.13 Å². The minimum Gasteiger partial charge on any atom is -0.484 e. The van der Waals surface area contributed by atoms with Gasteiger partial charge in [-0.2, -0.15) is 5.26 Å².